The smallest absolute Gasteiger partial charge is 0.172 e. The third kappa shape index (κ3) is 3.69. The van der Waals surface area contributed by atoms with Crippen molar-refractivity contribution in [1.82, 2.24) is 0 Å². The van der Waals surface area contributed by atoms with E-state index in [1.54, 1.807) is 0 Å². The number of benzene rings is 6. The summed E-state index contributed by atoms with van der Waals surface area (Å²) in [5, 5.41) is 2.20. The molecule has 2 heterocycles. The zero-order valence-corrected chi connectivity index (χ0v) is 21.5. The van der Waals surface area contributed by atoms with Crippen LogP contribution >= 0.6 is 0 Å². The second-order valence-electron chi connectivity index (χ2n) is 9.78. The van der Waals surface area contributed by atoms with Crippen LogP contribution in [-0.4, -0.2) is 0 Å². The molecule has 40 heavy (non-hydrogen) atoms. The van der Waals surface area contributed by atoms with E-state index in [0.717, 1.165) is 50.1 Å². The van der Waals surface area contributed by atoms with Gasteiger partial charge in [-0.2, -0.15) is 0 Å². The first-order valence-electron chi connectivity index (χ1n) is 13.3. The number of ether oxygens (including phenoxy) is 2. The lowest BCUT2D eigenvalue weighted by Gasteiger charge is -2.29. The van der Waals surface area contributed by atoms with Gasteiger partial charge in [-0.25, -0.2) is 0 Å². The molecule has 4 heteroatoms. The zero-order chi connectivity index (χ0) is 26.5. The molecule has 0 saturated heterocycles. The van der Waals surface area contributed by atoms with E-state index in [0.29, 0.717) is 23.0 Å². The Bertz CT molecular complexity index is 2030. The van der Waals surface area contributed by atoms with Crippen LogP contribution in [0.3, 0.4) is 0 Å². The van der Waals surface area contributed by atoms with Gasteiger partial charge in [0.05, 0.1) is 11.4 Å². The molecule has 190 valence electrons. The van der Waals surface area contributed by atoms with Crippen LogP contribution in [0.15, 0.2) is 144 Å². The maximum absolute atomic E-state index is 6.29. The summed E-state index contributed by atoms with van der Waals surface area (Å²) in [4.78, 5) is 2.25. The van der Waals surface area contributed by atoms with Crippen LogP contribution < -0.4 is 14.4 Å². The molecule has 0 fully saturated rings. The van der Waals surface area contributed by atoms with E-state index in [1.807, 2.05) is 60.7 Å². The van der Waals surface area contributed by atoms with Gasteiger partial charge in [0.2, 0.25) is 0 Å². The molecule has 6 aromatic carbocycles. The number of rotatable bonds is 4. The van der Waals surface area contributed by atoms with Crippen LogP contribution in [0.5, 0.6) is 23.0 Å². The minimum absolute atomic E-state index is 0.670. The molecule has 0 radical (unpaired) electrons. The quantitative estimate of drug-likeness (QED) is 0.233. The second-order valence-corrected chi connectivity index (χ2v) is 9.78. The summed E-state index contributed by atoms with van der Waals surface area (Å²) in [6, 6.07) is 47.3. The summed E-state index contributed by atoms with van der Waals surface area (Å²) >= 11 is 0. The number of fused-ring (bicyclic) bond motifs is 5. The average molecular weight is 518 g/mol. The molecule has 4 nitrogen and oxygen atoms in total. The van der Waals surface area contributed by atoms with Crippen molar-refractivity contribution >= 4 is 39.0 Å². The Kier molecular flexibility index (Phi) is 5.10. The van der Waals surface area contributed by atoms with Crippen LogP contribution in [0.1, 0.15) is 0 Å². The highest BCUT2D eigenvalue weighted by Crippen LogP contribution is 2.49. The average Bonchev–Trinajstić information content (AvgIpc) is 3.39. The van der Waals surface area contributed by atoms with Gasteiger partial charge in [-0.05, 0) is 54.1 Å². The van der Waals surface area contributed by atoms with Gasteiger partial charge < -0.3 is 18.8 Å². The molecule has 1 aliphatic rings. The number of nitrogens with zero attached hydrogens (tertiary/aromatic N) is 1. The fraction of sp³-hybridized carbons (Fsp3) is 0. The topological polar surface area (TPSA) is 34.8 Å². The Hall–Kier alpha value is -5.48. The Labute approximate surface area is 231 Å². The van der Waals surface area contributed by atoms with Gasteiger partial charge in [-0.1, -0.05) is 78.9 Å². The van der Waals surface area contributed by atoms with Gasteiger partial charge in [0.15, 0.2) is 23.0 Å². The summed E-state index contributed by atoms with van der Waals surface area (Å²) < 4.78 is 18.7. The van der Waals surface area contributed by atoms with E-state index in [2.05, 4.69) is 83.8 Å². The Morgan fingerprint density at radius 3 is 1.93 bits per heavy atom. The van der Waals surface area contributed by atoms with Crippen molar-refractivity contribution in [2.45, 2.75) is 0 Å². The minimum atomic E-state index is 0.670. The van der Waals surface area contributed by atoms with Gasteiger partial charge >= 0.3 is 0 Å². The highest BCUT2D eigenvalue weighted by Gasteiger charge is 2.23. The first kappa shape index (κ1) is 22.5. The van der Waals surface area contributed by atoms with Crippen molar-refractivity contribution < 1.29 is 13.9 Å². The predicted molar refractivity (Wildman–Crippen MR) is 160 cm³/mol. The van der Waals surface area contributed by atoms with Crippen molar-refractivity contribution in [3.05, 3.63) is 140 Å². The molecule has 7 aromatic rings. The highest BCUT2D eigenvalue weighted by molar-refractivity contribution is 6.06. The van der Waals surface area contributed by atoms with Gasteiger partial charge in [0.25, 0.3) is 0 Å². The first-order chi connectivity index (χ1) is 19.8. The molecule has 0 atom stereocenters. The van der Waals surface area contributed by atoms with Crippen molar-refractivity contribution in [3.8, 4) is 34.1 Å². The molecule has 0 aliphatic carbocycles. The fourth-order valence-corrected chi connectivity index (χ4v) is 5.47. The van der Waals surface area contributed by atoms with Crippen molar-refractivity contribution in [2.75, 3.05) is 4.90 Å². The van der Waals surface area contributed by atoms with Crippen molar-refractivity contribution in [1.29, 1.82) is 0 Å². The lowest BCUT2D eigenvalue weighted by atomic mass is 10.0. The summed E-state index contributed by atoms with van der Waals surface area (Å²) in [7, 11) is 0. The minimum Gasteiger partial charge on any atom is -0.456 e. The molecular formula is C36H23NO3. The monoisotopic (exact) mass is 517 g/mol. The van der Waals surface area contributed by atoms with E-state index in [-0.39, 0.29) is 0 Å². The van der Waals surface area contributed by atoms with Crippen LogP contribution in [-0.2, 0) is 0 Å². The van der Waals surface area contributed by atoms with E-state index in [4.69, 9.17) is 13.9 Å². The third-order valence-corrected chi connectivity index (χ3v) is 7.32. The van der Waals surface area contributed by atoms with Crippen LogP contribution in [0, 0.1) is 0 Å². The molecule has 8 rings (SSSR count). The zero-order valence-electron chi connectivity index (χ0n) is 21.5. The lowest BCUT2D eigenvalue weighted by Crippen LogP contribution is -2.11. The number of hydrogen-bond donors (Lipinski definition) is 0. The molecule has 0 saturated carbocycles. The van der Waals surface area contributed by atoms with Gasteiger partial charge in [-0.3, -0.25) is 0 Å². The first-order valence-corrected chi connectivity index (χ1v) is 13.3. The Morgan fingerprint density at radius 1 is 0.425 bits per heavy atom. The number of hydrogen-bond acceptors (Lipinski definition) is 4. The maximum atomic E-state index is 6.29. The molecule has 0 bridgehead atoms. The standard InChI is InChI=1S/C36H23NO3/c1-2-10-24(11-3-1)27-12-4-6-14-30(27)37(25-18-20-29-28-13-5-7-15-31(28)38-35(29)22-25)26-19-21-34-36(23-26)40-33-17-9-8-16-32(33)39-34/h1-23H. The van der Waals surface area contributed by atoms with Crippen molar-refractivity contribution in [3.63, 3.8) is 0 Å². The molecule has 0 amide bonds. The van der Waals surface area contributed by atoms with E-state index in [9.17, 15) is 0 Å². The van der Waals surface area contributed by atoms with Crippen LogP contribution in [0.2, 0.25) is 0 Å². The summed E-state index contributed by atoms with van der Waals surface area (Å²) in [5.74, 6) is 2.77. The number of anilines is 3. The van der Waals surface area contributed by atoms with Crippen LogP contribution in [0.25, 0.3) is 33.1 Å². The third-order valence-electron chi connectivity index (χ3n) is 7.32. The lowest BCUT2D eigenvalue weighted by molar-refractivity contribution is 0.360. The Morgan fingerprint density at radius 2 is 1.05 bits per heavy atom. The van der Waals surface area contributed by atoms with E-state index >= 15 is 0 Å². The van der Waals surface area contributed by atoms with Crippen molar-refractivity contribution in [2.24, 2.45) is 0 Å². The summed E-state index contributed by atoms with van der Waals surface area (Å²) in [6.45, 7) is 0. The molecular weight excluding hydrogens is 494 g/mol. The molecule has 1 aliphatic heterocycles. The van der Waals surface area contributed by atoms with Gasteiger partial charge in [-0.15, -0.1) is 0 Å². The highest BCUT2D eigenvalue weighted by atomic mass is 16.6. The summed E-state index contributed by atoms with van der Waals surface area (Å²) in [6.07, 6.45) is 0. The van der Waals surface area contributed by atoms with E-state index in [1.165, 1.54) is 0 Å². The molecule has 1 aromatic heterocycles. The maximum Gasteiger partial charge on any atom is 0.172 e. The van der Waals surface area contributed by atoms with Crippen LogP contribution in [0.4, 0.5) is 17.1 Å². The van der Waals surface area contributed by atoms with E-state index < -0.39 is 0 Å². The van der Waals surface area contributed by atoms with Gasteiger partial charge in [0, 0.05) is 34.2 Å². The largest absolute Gasteiger partial charge is 0.456 e. The Balaban J connectivity index is 1.33. The predicted octanol–water partition coefficient (Wildman–Crippen LogP) is 10.6. The number of furan rings is 1. The SMILES string of the molecule is c1ccc(-c2ccccc2N(c2ccc3c(c2)Oc2ccccc2O3)c2ccc3c(c2)oc2ccccc23)cc1. The normalized spacial score (nSPS) is 11.9. The fourth-order valence-electron chi connectivity index (χ4n) is 5.47. The molecule has 0 unspecified atom stereocenters. The van der Waals surface area contributed by atoms with Gasteiger partial charge in [0.1, 0.15) is 11.2 Å². The number of para-hydroxylation sites is 4. The second kappa shape index (κ2) is 9.07. The molecule has 0 spiro atoms. The molecule has 0 N–H and O–H groups in total. The summed E-state index contributed by atoms with van der Waals surface area (Å²) in [5.41, 5.74) is 6.94.